The summed E-state index contributed by atoms with van der Waals surface area (Å²) in [5, 5.41) is 13.3. The van der Waals surface area contributed by atoms with Gasteiger partial charge in [-0.3, -0.25) is 19.4 Å². The largest absolute Gasteiger partial charge is 0.507 e. The number of aromatic hydroxyl groups is 1. The lowest BCUT2D eigenvalue weighted by molar-refractivity contribution is -0.141. The number of benzene rings is 1. The zero-order valence-electron chi connectivity index (χ0n) is 26.8. The quantitative estimate of drug-likeness (QED) is 0.379. The number of phenols is 1. The molecule has 0 bridgehead atoms. The van der Waals surface area contributed by atoms with Crippen molar-refractivity contribution in [3.8, 4) is 16.9 Å². The summed E-state index contributed by atoms with van der Waals surface area (Å²) < 4.78 is 10.4. The number of para-hydroxylation sites is 1. The van der Waals surface area contributed by atoms with E-state index in [0.29, 0.717) is 68.0 Å². The highest BCUT2D eigenvalue weighted by molar-refractivity contribution is 5.82. The van der Waals surface area contributed by atoms with Crippen molar-refractivity contribution in [2.75, 3.05) is 33.3 Å². The van der Waals surface area contributed by atoms with Crippen molar-refractivity contribution < 1.29 is 33.8 Å². The highest BCUT2D eigenvalue weighted by Crippen LogP contribution is 2.31. The number of methoxy groups -OCH3 is 1. The second kappa shape index (κ2) is 15.2. The predicted octanol–water partition coefficient (Wildman–Crippen LogP) is 4.84. The second-order valence-corrected chi connectivity index (χ2v) is 13.0. The van der Waals surface area contributed by atoms with Crippen molar-refractivity contribution in [3.63, 3.8) is 0 Å². The van der Waals surface area contributed by atoms with Gasteiger partial charge in [-0.2, -0.15) is 0 Å². The maximum Gasteiger partial charge on any atom is 0.410 e. The molecule has 2 N–H and O–H groups in total. The van der Waals surface area contributed by atoms with E-state index in [1.807, 2.05) is 20.8 Å². The molecule has 4 rings (SSSR count). The van der Waals surface area contributed by atoms with Crippen LogP contribution in [0.1, 0.15) is 77.3 Å². The first-order chi connectivity index (χ1) is 21.4. The summed E-state index contributed by atoms with van der Waals surface area (Å²) in [4.78, 5) is 59.2. The number of likely N-dealkylation sites (tertiary alicyclic amines) is 2. The summed E-state index contributed by atoms with van der Waals surface area (Å²) in [6, 6.07) is 7.99. The molecule has 244 valence electrons. The molecule has 3 heterocycles. The van der Waals surface area contributed by atoms with Crippen molar-refractivity contribution in [1.29, 1.82) is 0 Å². The summed E-state index contributed by atoms with van der Waals surface area (Å²) in [6.07, 6.45) is 6.99. The number of carbonyl (C=O) groups is 4. The van der Waals surface area contributed by atoms with E-state index >= 15 is 0 Å². The van der Waals surface area contributed by atoms with Gasteiger partial charge in [-0.1, -0.05) is 18.2 Å². The number of ether oxygens (including phenoxy) is 2. The first-order valence-corrected chi connectivity index (χ1v) is 15.8. The molecule has 0 radical (unpaired) electrons. The maximum atomic E-state index is 13.5. The Morgan fingerprint density at radius 2 is 1.78 bits per heavy atom. The molecule has 3 amide bonds. The first kappa shape index (κ1) is 33.7. The second-order valence-electron chi connectivity index (χ2n) is 13.0. The van der Waals surface area contributed by atoms with Crippen molar-refractivity contribution in [3.05, 3.63) is 48.3 Å². The van der Waals surface area contributed by atoms with Gasteiger partial charge in [-0.15, -0.1) is 0 Å². The molecule has 2 saturated heterocycles. The van der Waals surface area contributed by atoms with Gasteiger partial charge in [-0.25, -0.2) is 4.79 Å². The first-order valence-electron chi connectivity index (χ1n) is 15.8. The molecule has 2 fully saturated rings. The van der Waals surface area contributed by atoms with Crippen LogP contribution in [-0.2, 0) is 23.9 Å². The number of esters is 1. The number of piperidine rings is 2. The fraction of sp³-hybridized carbons (Fsp3) is 0.559. The third-order valence-electron chi connectivity index (χ3n) is 8.47. The van der Waals surface area contributed by atoms with Crippen LogP contribution in [0.5, 0.6) is 5.75 Å². The van der Waals surface area contributed by atoms with Crippen LogP contribution in [0.25, 0.3) is 11.1 Å². The lowest BCUT2D eigenvalue weighted by atomic mass is 9.91. The SMILES string of the molecule is COC(=O)C[C@H](NC(=O)[C@@H]1CCCN(C(=O)CCC2CCN(C(=O)OC(C)(C)C)CC2)C1)c1cncc(-c2ccccc2O)c1. The van der Waals surface area contributed by atoms with Gasteiger partial charge in [0.15, 0.2) is 0 Å². The van der Waals surface area contributed by atoms with Gasteiger partial charge in [0.25, 0.3) is 0 Å². The Kier molecular flexibility index (Phi) is 11.4. The summed E-state index contributed by atoms with van der Waals surface area (Å²) in [6.45, 7) is 7.74. The minimum atomic E-state index is -0.694. The lowest BCUT2D eigenvalue weighted by Gasteiger charge is -2.35. The molecule has 2 aliphatic rings. The van der Waals surface area contributed by atoms with Crippen LogP contribution >= 0.6 is 0 Å². The number of carbonyl (C=O) groups excluding carboxylic acids is 4. The Labute approximate surface area is 265 Å². The summed E-state index contributed by atoms with van der Waals surface area (Å²) in [7, 11) is 1.30. The number of nitrogens with one attached hydrogen (secondary N) is 1. The van der Waals surface area contributed by atoms with Gasteiger partial charge >= 0.3 is 12.1 Å². The summed E-state index contributed by atoms with van der Waals surface area (Å²) in [5.74, 6) is -0.627. The maximum absolute atomic E-state index is 13.5. The molecular formula is C34H46N4O7. The Morgan fingerprint density at radius 3 is 2.47 bits per heavy atom. The average molecular weight is 623 g/mol. The van der Waals surface area contributed by atoms with E-state index in [1.165, 1.54) is 7.11 Å². The average Bonchev–Trinajstić information content (AvgIpc) is 3.03. The molecule has 2 aliphatic heterocycles. The molecule has 0 saturated carbocycles. The molecule has 11 heteroatoms. The summed E-state index contributed by atoms with van der Waals surface area (Å²) in [5.41, 5.74) is 1.32. The van der Waals surface area contributed by atoms with E-state index in [2.05, 4.69) is 10.3 Å². The van der Waals surface area contributed by atoms with Crippen molar-refractivity contribution in [2.24, 2.45) is 11.8 Å². The minimum Gasteiger partial charge on any atom is -0.507 e. The zero-order chi connectivity index (χ0) is 32.6. The van der Waals surface area contributed by atoms with Crippen LogP contribution in [0, 0.1) is 11.8 Å². The van der Waals surface area contributed by atoms with Crippen LogP contribution in [0.15, 0.2) is 42.7 Å². The van der Waals surface area contributed by atoms with Gasteiger partial charge in [0.1, 0.15) is 11.4 Å². The standard InChI is InChI=1S/C34H46N4O7/c1-34(2,3)45-33(43)37-16-13-23(14-17-37)11-12-30(40)38-15-7-8-24(22-38)32(42)36-28(19-31(41)44-4)26-18-25(20-35-21-26)27-9-5-6-10-29(27)39/h5-6,9-10,18,20-21,23-24,28,39H,7-8,11-17,19,22H2,1-4H3,(H,36,42)/t24-,28+/m1/s1. The van der Waals surface area contributed by atoms with Crippen LogP contribution in [0.2, 0.25) is 0 Å². The van der Waals surface area contributed by atoms with Gasteiger partial charge in [0.2, 0.25) is 11.8 Å². The molecular weight excluding hydrogens is 576 g/mol. The molecule has 2 aromatic rings. The molecule has 0 unspecified atom stereocenters. The zero-order valence-corrected chi connectivity index (χ0v) is 26.8. The van der Waals surface area contributed by atoms with E-state index in [1.54, 1.807) is 52.5 Å². The Hall–Kier alpha value is -4.15. The van der Waals surface area contributed by atoms with Crippen molar-refractivity contribution in [1.82, 2.24) is 20.1 Å². The third kappa shape index (κ3) is 9.67. The minimum absolute atomic E-state index is 0.0350. The highest BCUT2D eigenvalue weighted by Gasteiger charge is 2.32. The number of nitrogens with zero attached hydrogens (tertiary/aromatic N) is 3. The normalized spacial score (nSPS) is 18.2. The van der Waals surface area contributed by atoms with E-state index < -0.39 is 23.5 Å². The van der Waals surface area contributed by atoms with E-state index in [0.717, 1.165) is 19.3 Å². The van der Waals surface area contributed by atoms with Gasteiger partial charge in [0, 0.05) is 56.1 Å². The van der Waals surface area contributed by atoms with E-state index in [4.69, 9.17) is 9.47 Å². The molecule has 1 aromatic carbocycles. The van der Waals surface area contributed by atoms with Crippen LogP contribution in [0.4, 0.5) is 4.79 Å². The van der Waals surface area contributed by atoms with Crippen LogP contribution in [-0.4, -0.2) is 82.7 Å². The molecule has 2 atom stereocenters. The van der Waals surface area contributed by atoms with E-state index in [9.17, 15) is 24.3 Å². The van der Waals surface area contributed by atoms with Gasteiger partial charge < -0.3 is 29.7 Å². The number of hydrogen-bond acceptors (Lipinski definition) is 8. The molecule has 1 aromatic heterocycles. The number of rotatable bonds is 9. The molecule has 0 aliphatic carbocycles. The number of pyridine rings is 1. The smallest absolute Gasteiger partial charge is 0.410 e. The Morgan fingerprint density at radius 1 is 1.04 bits per heavy atom. The van der Waals surface area contributed by atoms with Crippen molar-refractivity contribution in [2.45, 2.75) is 77.4 Å². The molecule has 45 heavy (non-hydrogen) atoms. The Balaban J connectivity index is 1.32. The lowest BCUT2D eigenvalue weighted by Crippen LogP contribution is -2.46. The molecule has 11 nitrogen and oxygen atoms in total. The van der Waals surface area contributed by atoms with Crippen LogP contribution < -0.4 is 5.32 Å². The van der Waals surface area contributed by atoms with Gasteiger partial charge in [0.05, 0.1) is 25.5 Å². The molecule has 0 spiro atoms. The fourth-order valence-corrected chi connectivity index (χ4v) is 5.94. The fourth-order valence-electron chi connectivity index (χ4n) is 5.94. The number of amides is 3. The number of aromatic nitrogens is 1. The monoisotopic (exact) mass is 622 g/mol. The van der Waals surface area contributed by atoms with E-state index in [-0.39, 0.29) is 30.1 Å². The predicted molar refractivity (Wildman–Crippen MR) is 168 cm³/mol. The van der Waals surface area contributed by atoms with Crippen molar-refractivity contribution >= 4 is 23.9 Å². The Bertz CT molecular complexity index is 1350. The summed E-state index contributed by atoms with van der Waals surface area (Å²) >= 11 is 0. The topological polar surface area (TPSA) is 138 Å². The highest BCUT2D eigenvalue weighted by atomic mass is 16.6. The van der Waals surface area contributed by atoms with Gasteiger partial charge in [-0.05, 0) is 76.5 Å². The third-order valence-corrected chi connectivity index (χ3v) is 8.47. The number of phenolic OH excluding ortho intramolecular Hbond substituents is 1. The van der Waals surface area contributed by atoms with Crippen LogP contribution in [0.3, 0.4) is 0 Å². The number of hydrogen-bond donors (Lipinski definition) is 2.